The molecule has 0 aliphatic heterocycles. The predicted octanol–water partition coefficient (Wildman–Crippen LogP) is 4.11. The molecule has 0 N–H and O–H groups in total. The molecular weight excluding hydrogens is 370 g/mol. The normalized spacial score (nSPS) is 11.0. The van der Waals surface area contributed by atoms with Gasteiger partial charge in [-0.2, -0.15) is 0 Å². The van der Waals surface area contributed by atoms with Gasteiger partial charge >= 0.3 is 0 Å². The Labute approximate surface area is 170 Å². The molecule has 1 aromatic heterocycles. The van der Waals surface area contributed by atoms with Crippen molar-refractivity contribution in [2.45, 2.75) is 32.0 Å². The number of aromatic nitrogens is 3. The first kappa shape index (κ1) is 20.3. The number of ketones is 1. The van der Waals surface area contributed by atoms with Crippen LogP contribution in [0.5, 0.6) is 0 Å². The summed E-state index contributed by atoms with van der Waals surface area (Å²) >= 11 is 1.43. The Bertz CT molecular complexity index is 938. The molecule has 0 saturated heterocycles. The summed E-state index contributed by atoms with van der Waals surface area (Å²) in [4.78, 5) is 12.7. The molecule has 0 amide bonds. The number of ether oxygens (including phenoxy) is 1. The zero-order chi connectivity index (χ0) is 19.9. The minimum Gasteiger partial charge on any atom is -0.383 e. The maximum absolute atomic E-state index is 12.7. The highest BCUT2D eigenvalue weighted by Gasteiger charge is 2.16. The second-order valence-corrected chi connectivity index (χ2v) is 7.68. The molecule has 28 heavy (non-hydrogen) atoms. The molecule has 0 unspecified atom stereocenters. The molecule has 6 heteroatoms. The molecule has 3 aromatic rings. The highest BCUT2D eigenvalue weighted by Crippen LogP contribution is 2.21. The van der Waals surface area contributed by atoms with Crippen LogP contribution in [0.2, 0.25) is 0 Å². The fourth-order valence-electron chi connectivity index (χ4n) is 2.99. The minimum atomic E-state index is 0.108. The maximum Gasteiger partial charge on any atom is 0.191 e. The molecule has 0 radical (unpaired) electrons. The highest BCUT2D eigenvalue weighted by molar-refractivity contribution is 7.99. The molecule has 5 nitrogen and oxygen atoms in total. The summed E-state index contributed by atoms with van der Waals surface area (Å²) in [7, 11) is 1.68. The van der Waals surface area contributed by atoms with Crippen molar-refractivity contribution in [2.24, 2.45) is 0 Å². The standard InChI is InChI=1S/C22H25N3O2S/c1-16-9-10-17(2)19(13-16)20(26)15-28-22-24-23-21(25(22)11-12-27-3)14-18-7-5-4-6-8-18/h4-10,13H,11-12,14-15H2,1-3H3. The number of aryl methyl sites for hydroxylation is 2. The van der Waals surface area contributed by atoms with Crippen LogP contribution in [0, 0.1) is 13.8 Å². The van der Waals surface area contributed by atoms with Crippen LogP contribution >= 0.6 is 11.8 Å². The van der Waals surface area contributed by atoms with Gasteiger partial charge < -0.3 is 9.30 Å². The summed E-state index contributed by atoms with van der Waals surface area (Å²) in [5.74, 6) is 1.32. The van der Waals surface area contributed by atoms with Crippen LogP contribution in [0.25, 0.3) is 0 Å². The molecule has 0 bridgehead atoms. The topological polar surface area (TPSA) is 57.0 Å². The van der Waals surface area contributed by atoms with Crippen molar-refractivity contribution in [3.05, 3.63) is 76.6 Å². The van der Waals surface area contributed by atoms with Crippen molar-refractivity contribution in [1.29, 1.82) is 0 Å². The van der Waals surface area contributed by atoms with Gasteiger partial charge in [0.25, 0.3) is 0 Å². The van der Waals surface area contributed by atoms with E-state index in [4.69, 9.17) is 4.74 Å². The largest absolute Gasteiger partial charge is 0.383 e. The van der Waals surface area contributed by atoms with Gasteiger partial charge in [-0.3, -0.25) is 4.79 Å². The highest BCUT2D eigenvalue weighted by atomic mass is 32.2. The Hall–Kier alpha value is -2.44. The number of Topliss-reactive ketones (excluding diaryl/α,β-unsaturated/α-hetero) is 1. The zero-order valence-electron chi connectivity index (χ0n) is 16.5. The fraction of sp³-hybridized carbons (Fsp3) is 0.318. The first-order valence-electron chi connectivity index (χ1n) is 9.26. The Morgan fingerprint density at radius 2 is 1.89 bits per heavy atom. The van der Waals surface area contributed by atoms with Crippen LogP contribution in [0.1, 0.15) is 32.9 Å². The van der Waals surface area contributed by atoms with Crippen molar-refractivity contribution in [3.8, 4) is 0 Å². The van der Waals surface area contributed by atoms with E-state index in [1.165, 1.54) is 17.3 Å². The molecule has 1 heterocycles. The number of nitrogens with zero attached hydrogens (tertiary/aromatic N) is 3. The van der Waals surface area contributed by atoms with Crippen molar-refractivity contribution < 1.29 is 9.53 Å². The van der Waals surface area contributed by atoms with Crippen molar-refractivity contribution in [2.75, 3.05) is 19.5 Å². The van der Waals surface area contributed by atoms with Crippen LogP contribution in [-0.4, -0.2) is 40.0 Å². The van der Waals surface area contributed by atoms with E-state index in [9.17, 15) is 4.79 Å². The number of benzene rings is 2. The van der Waals surface area contributed by atoms with Crippen molar-refractivity contribution in [3.63, 3.8) is 0 Å². The van der Waals surface area contributed by atoms with Gasteiger partial charge in [0.1, 0.15) is 5.82 Å². The number of hydrogen-bond donors (Lipinski definition) is 0. The van der Waals surface area contributed by atoms with Gasteiger partial charge in [0.15, 0.2) is 10.9 Å². The van der Waals surface area contributed by atoms with E-state index >= 15 is 0 Å². The third-order valence-electron chi connectivity index (χ3n) is 4.54. The molecule has 0 atom stereocenters. The van der Waals surface area contributed by atoms with E-state index in [0.717, 1.165) is 27.7 Å². The zero-order valence-corrected chi connectivity index (χ0v) is 17.3. The molecule has 3 rings (SSSR count). The van der Waals surface area contributed by atoms with Gasteiger partial charge in [0, 0.05) is 25.6 Å². The van der Waals surface area contributed by atoms with Crippen molar-refractivity contribution >= 4 is 17.5 Å². The van der Waals surface area contributed by atoms with Crippen LogP contribution in [-0.2, 0) is 17.7 Å². The summed E-state index contributed by atoms with van der Waals surface area (Å²) in [6.07, 6.45) is 0.697. The number of rotatable bonds is 9. The number of methoxy groups -OCH3 is 1. The number of hydrogen-bond acceptors (Lipinski definition) is 5. The molecule has 2 aromatic carbocycles. The summed E-state index contributed by atoms with van der Waals surface area (Å²) in [5.41, 5.74) is 4.05. The molecular formula is C22H25N3O2S. The Morgan fingerprint density at radius 3 is 2.64 bits per heavy atom. The SMILES string of the molecule is COCCn1c(Cc2ccccc2)nnc1SCC(=O)c1cc(C)ccc1C. The van der Waals surface area contributed by atoms with Crippen molar-refractivity contribution in [1.82, 2.24) is 14.8 Å². The van der Waals surface area contributed by atoms with Gasteiger partial charge in [-0.1, -0.05) is 59.8 Å². The fourth-order valence-corrected chi connectivity index (χ4v) is 3.85. The van der Waals surface area contributed by atoms with Gasteiger partial charge in [-0.15, -0.1) is 10.2 Å². The van der Waals surface area contributed by atoms with E-state index in [2.05, 4.69) is 26.9 Å². The minimum absolute atomic E-state index is 0.108. The second kappa shape index (κ2) is 9.66. The molecule has 0 saturated carbocycles. The van der Waals surface area contributed by atoms with Gasteiger partial charge in [-0.05, 0) is 31.0 Å². The summed E-state index contributed by atoms with van der Waals surface area (Å²) in [5, 5.41) is 9.46. The Balaban J connectivity index is 1.75. The van der Waals surface area contributed by atoms with Gasteiger partial charge in [0.2, 0.25) is 0 Å². The average molecular weight is 396 g/mol. The van der Waals surface area contributed by atoms with E-state index in [1.807, 2.05) is 50.2 Å². The van der Waals surface area contributed by atoms with Gasteiger partial charge in [-0.25, -0.2) is 0 Å². The summed E-state index contributed by atoms with van der Waals surface area (Å²) in [6.45, 7) is 5.20. The Kier molecular flexibility index (Phi) is 7.01. The maximum atomic E-state index is 12.7. The quantitative estimate of drug-likeness (QED) is 0.403. The second-order valence-electron chi connectivity index (χ2n) is 6.74. The average Bonchev–Trinajstić information content (AvgIpc) is 3.08. The lowest BCUT2D eigenvalue weighted by Crippen LogP contribution is -2.11. The summed E-state index contributed by atoms with van der Waals surface area (Å²) < 4.78 is 7.30. The molecule has 146 valence electrons. The third kappa shape index (κ3) is 5.09. The van der Waals surface area contributed by atoms with Crippen LogP contribution in [0.15, 0.2) is 53.7 Å². The Morgan fingerprint density at radius 1 is 1.11 bits per heavy atom. The number of carbonyl (C=O) groups excluding carboxylic acids is 1. The molecule has 0 fully saturated rings. The number of thioether (sulfide) groups is 1. The van der Waals surface area contributed by atoms with Crippen LogP contribution in [0.3, 0.4) is 0 Å². The first-order valence-corrected chi connectivity index (χ1v) is 10.2. The van der Waals surface area contributed by atoms with E-state index in [1.54, 1.807) is 7.11 Å². The molecule has 0 spiro atoms. The van der Waals surface area contributed by atoms with E-state index < -0.39 is 0 Å². The third-order valence-corrected chi connectivity index (χ3v) is 5.51. The summed E-state index contributed by atoms with van der Waals surface area (Å²) in [6, 6.07) is 16.2. The lowest BCUT2D eigenvalue weighted by molar-refractivity contribution is 0.102. The molecule has 0 aliphatic carbocycles. The lowest BCUT2D eigenvalue weighted by Gasteiger charge is -2.10. The first-order chi connectivity index (χ1) is 13.6. The smallest absolute Gasteiger partial charge is 0.191 e. The van der Waals surface area contributed by atoms with Gasteiger partial charge in [0.05, 0.1) is 12.4 Å². The number of carbonyl (C=O) groups is 1. The van der Waals surface area contributed by atoms with E-state index in [-0.39, 0.29) is 5.78 Å². The predicted molar refractivity (Wildman–Crippen MR) is 112 cm³/mol. The van der Waals surface area contributed by atoms with Crippen LogP contribution in [0.4, 0.5) is 0 Å². The lowest BCUT2D eigenvalue weighted by atomic mass is 10.0. The van der Waals surface area contributed by atoms with Crippen LogP contribution < -0.4 is 0 Å². The van der Waals surface area contributed by atoms with E-state index in [0.29, 0.717) is 25.3 Å². The monoisotopic (exact) mass is 395 g/mol. The molecule has 0 aliphatic rings.